The fraction of sp³-hybridized carbons (Fsp3) is 0.500. The third-order valence-electron chi connectivity index (χ3n) is 1.35. The van der Waals surface area contributed by atoms with Crippen LogP contribution in [0.15, 0.2) is 23.1 Å². The van der Waals surface area contributed by atoms with Gasteiger partial charge in [-0.15, -0.1) is 0 Å². The quantitative estimate of drug-likeness (QED) is 0.456. The van der Waals surface area contributed by atoms with E-state index < -0.39 is 0 Å². The zero-order valence-electron chi connectivity index (χ0n) is 6.35. The molecule has 0 amide bonds. The largest absolute Gasteiger partial charge is 0.259 e. The number of nitrogens with one attached hydrogen (secondary N) is 1. The van der Waals surface area contributed by atoms with Gasteiger partial charge in [-0.2, -0.15) is 0 Å². The molecule has 11 heavy (non-hydrogen) atoms. The zero-order valence-corrected chi connectivity index (χ0v) is 8.75. The van der Waals surface area contributed by atoms with Crippen LogP contribution < -0.4 is 4.72 Å². The highest BCUT2D eigenvalue weighted by atomic mass is 79.9. The van der Waals surface area contributed by atoms with Crippen molar-refractivity contribution in [1.29, 1.82) is 0 Å². The topological polar surface area (TPSA) is 12.0 Å². The fourth-order valence-corrected chi connectivity index (χ4v) is 2.03. The van der Waals surface area contributed by atoms with Crippen LogP contribution in [0, 0.1) is 0 Å². The highest BCUT2D eigenvalue weighted by Gasteiger charge is 1.96. The van der Waals surface area contributed by atoms with Crippen molar-refractivity contribution in [3.63, 3.8) is 0 Å². The first-order valence-electron chi connectivity index (χ1n) is 3.76. The summed E-state index contributed by atoms with van der Waals surface area (Å²) in [5.74, 6) is 0. The van der Waals surface area contributed by atoms with Crippen LogP contribution in [0.2, 0.25) is 0 Å². The van der Waals surface area contributed by atoms with Crippen LogP contribution in [0.25, 0.3) is 0 Å². The average molecular weight is 234 g/mol. The second-order valence-corrected chi connectivity index (χ2v) is 4.03. The van der Waals surface area contributed by atoms with Gasteiger partial charge in [0.25, 0.3) is 0 Å². The van der Waals surface area contributed by atoms with Crippen LogP contribution in [-0.4, -0.2) is 11.9 Å². The summed E-state index contributed by atoms with van der Waals surface area (Å²) in [5, 5.41) is 1.01. The Bertz CT molecular complexity index is 165. The highest BCUT2D eigenvalue weighted by molar-refractivity contribution is 9.09. The van der Waals surface area contributed by atoms with E-state index in [1.165, 1.54) is 17.7 Å². The van der Waals surface area contributed by atoms with Crippen molar-refractivity contribution in [2.45, 2.75) is 12.8 Å². The van der Waals surface area contributed by atoms with Crippen LogP contribution in [0.5, 0.6) is 0 Å². The second-order valence-electron chi connectivity index (χ2n) is 2.27. The summed E-state index contributed by atoms with van der Waals surface area (Å²) in [6.07, 6.45) is 9.05. The molecule has 0 radical (unpaired) electrons. The van der Waals surface area contributed by atoms with E-state index in [0.717, 1.165) is 11.9 Å². The Kier molecular flexibility index (Phi) is 4.99. The first-order valence-corrected chi connectivity index (χ1v) is 5.69. The molecule has 0 spiro atoms. The van der Waals surface area contributed by atoms with Gasteiger partial charge in [-0.25, -0.2) is 0 Å². The average Bonchev–Trinajstić information content (AvgIpc) is 2.07. The molecule has 3 heteroatoms. The van der Waals surface area contributed by atoms with E-state index in [4.69, 9.17) is 0 Å². The third kappa shape index (κ3) is 3.99. The zero-order chi connectivity index (χ0) is 7.94. The SMILES string of the molecule is BrCCNSC1=CCCC=C1. The Labute approximate surface area is 80.6 Å². The summed E-state index contributed by atoms with van der Waals surface area (Å²) < 4.78 is 3.26. The molecule has 1 aliphatic rings. The lowest BCUT2D eigenvalue weighted by molar-refractivity contribution is 1.03. The molecular weight excluding hydrogens is 222 g/mol. The standard InChI is InChI=1S/C8H12BrNS/c9-6-7-10-11-8-4-2-1-3-5-8/h2,4-5,10H,1,3,6-7H2. The maximum absolute atomic E-state index is 3.36. The summed E-state index contributed by atoms with van der Waals surface area (Å²) in [5.41, 5.74) is 0. The Morgan fingerprint density at radius 2 is 2.45 bits per heavy atom. The minimum atomic E-state index is 1.01. The summed E-state index contributed by atoms with van der Waals surface area (Å²) in [6, 6.07) is 0. The number of allylic oxidation sites excluding steroid dienone is 3. The molecule has 62 valence electrons. The van der Waals surface area contributed by atoms with Gasteiger partial charge in [-0.05, 0) is 24.8 Å². The van der Waals surface area contributed by atoms with Crippen molar-refractivity contribution < 1.29 is 0 Å². The Hall–Kier alpha value is 0.270. The van der Waals surface area contributed by atoms with E-state index in [1.807, 2.05) is 0 Å². The van der Waals surface area contributed by atoms with Gasteiger partial charge in [0.1, 0.15) is 0 Å². The van der Waals surface area contributed by atoms with Crippen LogP contribution in [0.1, 0.15) is 12.8 Å². The first-order chi connectivity index (χ1) is 5.43. The summed E-state index contributed by atoms with van der Waals surface area (Å²) in [6.45, 7) is 1.01. The van der Waals surface area contributed by atoms with E-state index in [9.17, 15) is 0 Å². The molecule has 0 aliphatic heterocycles. The summed E-state index contributed by atoms with van der Waals surface area (Å²) >= 11 is 5.08. The Morgan fingerprint density at radius 3 is 3.09 bits per heavy atom. The normalized spacial score (nSPS) is 16.6. The lowest BCUT2D eigenvalue weighted by atomic mass is 10.2. The molecule has 0 aromatic heterocycles. The predicted molar refractivity (Wildman–Crippen MR) is 55.8 cm³/mol. The minimum absolute atomic E-state index is 1.01. The van der Waals surface area contributed by atoms with E-state index in [1.54, 1.807) is 11.9 Å². The molecule has 0 fully saturated rings. The minimum Gasteiger partial charge on any atom is -0.259 e. The number of rotatable bonds is 4. The number of halogens is 1. The van der Waals surface area contributed by atoms with Crippen molar-refractivity contribution in [2.24, 2.45) is 0 Å². The van der Waals surface area contributed by atoms with Gasteiger partial charge < -0.3 is 0 Å². The van der Waals surface area contributed by atoms with Gasteiger partial charge in [0.2, 0.25) is 0 Å². The van der Waals surface area contributed by atoms with Gasteiger partial charge in [0.15, 0.2) is 0 Å². The molecule has 1 N–H and O–H groups in total. The lowest BCUT2D eigenvalue weighted by Crippen LogP contribution is -2.06. The van der Waals surface area contributed by atoms with E-state index in [2.05, 4.69) is 38.9 Å². The van der Waals surface area contributed by atoms with Gasteiger partial charge >= 0.3 is 0 Å². The molecule has 1 nitrogen and oxygen atoms in total. The van der Waals surface area contributed by atoms with Crippen molar-refractivity contribution in [3.05, 3.63) is 23.1 Å². The molecule has 0 saturated heterocycles. The predicted octanol–water partition coefficient (Wildman–Crippen LogP) is 2.85. The van der Waals surface area contributed by atoms with Gasteiger partial charge in [-0.1, -0.05) is 34.2 Å². The molecule has 0 aromatic rings. The van der Waals surface area contributed by atoms with Crippen molar-refractivity contribution in [2.75, 3.05) is 11.9 Å². The Balaban J connectivity index is 2.15. The molecule has 0 saturated carbocycles. The van der Waals surface area contributed by atoms with Crippen molar-refractivity contribution in [1.82, 2.24) is 4.72 Å². The van der Waals surface area contributed by atoms with E-state index in [-0.39, 0.29) is 0 Å². The third-order valence-corrected chi connectivity index (χ3v) is 2.63. The molecule has 0 atom stereocenters. The monoisotopic (exact) mass is 233 g/mol. The maximum atomic E-state index is 3.36. The van der Waals surface area contributed by atoms with Gasteiger partial charge in [0, 0.05) is 16.8 Å². The molecule has 1 aliphatic carbocycles. The molecular formula is C8H12BrNS. The fourth-order valence-electron chi connectivity index (χ4n) is 0.838. The Morgan fingerprint density at radius 1 is 1.55 bits per heavy atom. The van der Waals surface area contributed by atoms with Crippen molar-refractivity contribution in [3.8, 4) is 0 Å². The lowest BCUT2D eigenvalue weighted by Gasteiger charge is -2.05. The van der Waals surface area contributed by atoms with Crippen LogP contribution in [-0.2, 0) is 0 Å². The molecule has 0 heterocycles. The molecule has 0 unspecified atom stereocenters. The van der Waals surface area contributed by atoms with Crippen LogP contribution in [0.3, 0.4) is 0 Å². The summed E-state index contributed by atoms with van der Waals surface area (Å²) in [7, 11) is 0. The molecule has 0 aromatic carbocycles. The van der Waals surface area contributed by atoms with Crippen LogP contribution >= 0.6 is 27.9 Å². The van der Waals surface area contributed by atoms with Crippen molar-refractivity contribution >= 4 is 27.9 Å². The van der Waals surface area contributed by atoms with E-state index in [0.29, 0.717) is 0 Å². The van der Waals surface area contributed by atoms with E-state index >= 15 is 0 Å². The van der Waals surface area contributed by atoms with Crippen LogP contribution in [0.4, 0.5) is 0 Å². The van der Waals surface area contributed by atoms with Gasteiger partial charge in [0.05, 0.1) is 0 Å². The number of alkyl halides is 1. The number of hydrogen-bond acceptors (Lipinski definition) is 2. The first kappa shape index (κ1) is 9.36. The van der Waals surface area contributed by atoms with Gasteiger partial charge in [-0.3, -0.25) is 4.72 Å². The highest BCUT2D eigenvalue weighted by Crippen LogP contribution is 2.18. The smallest absolute Gasteiger partial charge is 0.0185 e. The number of hydrogen-bond donors (Lipinski definition) is 1. The summed E-state index contributed by atoms with van der Waals surface area (Å²) in [4.78, 5) is 1.34. The maximum Gasteiger partial charge on any atom is 0.0185 e. The molecule has 0 bridgehead atoms. The molecule has 1 rings (SSSR count). The second kappa shape index (κ2) is 5.86.